The van der Waals surface area contributed by atoms with E-state index in [4.69, 9.17) is 9.47 Å². The van der Waals surface area contributed by atoms with Crippen molar-refractivity contribution in [2.24, 2.45) is 16.8 Å². The van der Waals surface area contributed by atoms with Gasteiger partial charge >= 0.3 is 0 Å². The van der Waals surface area contributed by atoms with Crippen molar-refractivity contribution in [3.63, 3.8) is 0 Å². The number of hydrogen-bond acceptors (Lipinski definition) is 5. The lowest BCUT2D eigenvalue weighted by molar-refractivity contribution is 0.162. The van der Waals surface area contributed by atoms with E-state index in [2.05, 4.69) is 4.99 Å². The van der Waals surface area contributed by atoms with Crippen LogP contribution < -0.4 is 4.74 Å². The van der Waals surface area contributed by atoms with Crippen molar-refractivity contribution in [3.8, 4) is 5.75 Å². The minimum absolute atomic E-state index is 0.178. The fourth-order valence-electron chi connectivity index (χ4n) is 4.67. The van der Waals surface area contributed by atoms with E-state index < -0.39 is 14.7 Å². The second-order valence-corrected chi connectivity index (χ2v) is 10.1. The molecule has 4 rings (SSSR count). The van der Waals surface area contributed by atoms with Crippen molar-refractivity contribution >= 4 is 16.1 Å². The number of hydrogen-bond donors (Lipinski definition) is 0. The molecule has 31 heavy (non-hydrogen) atoms. The Morgan fingerprint density at radius 2 is 1.84 bits per heavy atom. The van der Waals surface area contributed by atoms with E-state index in [0.717, 1.165) is 25.7 Å². The molecule has 3 unspecified atom stereocenters. The molecule has 2 aromatic carbocycles. The zero-order valence-electron chi connectivity index (χ0n) is 17.4. The van der Waals surface area contributed by atoms with Gasteiger partial charge in [0.25, 0.3) is 0 Å². The standard InChI is InChI=1S/C24H26FNO4S/c1-29-15-14-18-6-5-9-23(18)24(31(27,28)22-7-3-2-4-8-22)16-21(17-26-24)30-20-12-10-19(25)11-13-20/h2-4,7-8,10-13,16-18,23H,5-6,9,14-15H2,1H3. The number of allylic oxidation sites excluding steroid dienone is 1. The van der Waals surface area contributed by atoms with Gasteiger partial charge in [0.2, 0.25) is 9.84 Å². The van der Waals surface area contributed by atoms with Crippen LogP contribution >= 0.6 is 0 Å². The summed E-state index contributed by atoms with van der Waals surface area (Å²) in [7, 11) is -2.17. The summed E-state index contributed by atoms with van der Waals surface area (Å²) in [6, 6.07) is 14.1. The molecule has 5 nitrogen and oxygen atoms in total. The summed E-state index contributed by atoms with van der Waals surface area (Å²) in [6.07, 6.45) is 6.55. The highest BCUT2D eigenvalue weighted by atomic mass is 32.2. The van der Waals surface area contributed by atoms with Crippen LogP contribution in [0.25, 0.3) is 0 Å². The minimum atomic E-state index is -3.83. The second-order valence-electron chi connectivity index (χ2n) is 8.01. The summed E-state index contributed by atoms with van der Waals surface area (Å²) in [4.78, 5) is 3.41. The van der Waals surface area contributed by atoms with Crippen LogP contribution in [-0.4, -0.2) is 33.2 Å². The molecular formula is C24H26FNO4S. The molecule has 0 aromatic heterocycles. The molecular weight excluding hydrogens is 417 g/mol. The van der Waals surface area contributed by atoms with Crippen molar-refractivity contribution in [3.05, 3.63) is 72.2 Å². The van der Waals surface area contributed by atoms with Gasteiger partial charge in [-0.3, -0.25) is 4.99 Å². The van der Waals surface area contributed by atoms with Crippen molar-refractivity contribution in [2.45, 2.75) is 35.4 Å². The Bertz CT molecular complexity index is 1070. The molecule has 7 heteroatoms. The van der Waals surface area contributed by atoms with Gasteiger partial charge in [0.05, 0.1) is 11.1 Å². The lowest BCUT2D eigenvalue weighted by Gasteiger charge is -2.34. The number of methoxy groups -OCH3 is 1. The molecule has 1 aliphatic carbocycles. The van der Waals surface area contributed by atoms with E-state index in [9.17, 15) is 12.8 Å². The van der Waals surface area contributed by atoms with Crippen LogP contribution in [-0.2, 0) is 14.6 Å². The zero-order valence-corrected chi connectivity index (χ0v) is 18.2. The van der Waals surface area contributed by atoms with Crippen LogP contribution in [0.15, 0.2) is 76.3 Å². The molecule has 164 valence electrons. The summed E-state index contributed by atoms with van der Waals surface area (Å²) in [5.41, 5.74) is 0. The van der Waals surface area contributed by atoms with Gasteiger partial charge in [0.15, 0.2) is 4.87 Å². The third-order valence-electron chi connectivity index (χ3n) is 6.16. The normalized spacial score (nSPS) is 25.5. The van der Waals surface area contributed by atoms with Gasteiger partial charge < -0.3 is 9.47 Å². The quantitative estimate of drug-likeness (QED) is 0.588. The van der Waals surface area contributed by atoms with Gasteiger partial charge in [-0.15, -0.1) is 0 Å². The number of aliphatic imine (C=N–C) groups is 1. The van der Waals surface area contributed by atoms with Crippen LogP contribution in [0.3, 0.4) is 0 Å². The monoisotopic (exact) mass is 443 g/mol. The lowest BCUT2D eigenvalue weighted by Crippen LogP contribution is -2.43. The van der Waals surface area contributed by atoms with Crippen LogP contribution in [0.4, 0.5) is 4.39 Å². The first-order chi connectivity index (χ1) is 15.0. The Morgan fingerprint density at radius 1 is 1.10 bits per heavy atom. The van der Waals surface area contributed by atoms with E-state index >= 15 is 0 Å². The van der Waals surface area contributed by atoms with Crippen LogP contribution in [0.2, 0.25) is 0 Å². The van der Waals surface area contributed by atoms with Crippen LogP contribution in [0, 0.1) is 17.7 Å². The summed E-state index contributed by atoms with van der Waals surface area (Å²) in [5, 5.41) is 0. The molecule has 0 spiro atoms. The number of rotatable bonds is 8. The average Bonchev–Trinajstić information content (AvgIpc) is 3.42. The number of benzene rings is 2. The molecule has 1 aliphatic heterocycles. The van der Waals surface area contributed by atoms with E-state index in [1.807, 2.05) is 0 Å². The SMILES string of the molecule is COCCC1CCCC1C1(S(=O)(=O)c2ccccc2)C=C(Oc2ccc(F)cc2)C=N1. The van der Waals surface area contributed by atoms with Gasteiger partial charge in [-0.05, 0) is 61.6 Å². The Morgan fingerprint density at radius 3 is 2.55 bits per heavy atom. The summed E-state index contributed by atoms with van der Waals surface area (Å²) >= 11 is 0. The van der Waals surface area contributed by atoms with Crippen molar-refractivity contribution in [1.82, 2.24) is 0 Å². The fourth-order valence-corrected chi connectivity index (χ4v) is 6.74. The Kier molecular flexibility index (Phi) is 6.25. The van der Waals surface area contributed by atoms with E-state index in [-0.39, 0.29) is 22.5 Å². The molecule has 0 N–H and O–H groups in total. The lowest BCUT2D eigenvalue weighted by atomic mass is 9.86. The molecule has 0 bridgehead atoms. The highest BCUT2D eigenvalue weighted by molar-refractivity contribution is 7.93. The Labute approximate surface area is 182 Å². The maximum Gasteiger partial charge on any atom is 0.208 e. The first-order valence-corrected chi connectivity index (χ1v) is 11.9. The second kappa shape index (κ2) is 8.93. The first-order valence-electron chi connectivity index (χ1n) is 10.5. The summed E-state index contributed by atoms with van der Waals surface area (Å²) in [5.74, 6) is 0.405. The fraction of sp³-hybridized carbons (Fsp3) is 0.375. The zero-order chi connectivity index (χ0) is 21.9. The van der Waals surface area contributed by atoms with Gasteiger partial charge in [-0.2, -0.15) is 0 Å². The molecule has 0 amide bonds. The van der Waals surface area contributed by atoms with Gasteiger partial charge in [0, 0.05) is 25.7 Å². The highest BCUT2D eigenvalue weighted by Crippen LogP contribution is 2.49. The van der Waals surface area contributed by atoms with Crippen molar-refractivity contribution in [1.29, 1.82) is 0 Å². The summed E-state index contributed by atoms with van der Waals surface area (Å²) in [6.45, 7) is 0.578. The molecule has 0 radical (unpaired) electrons. The molecule has 1 saturated carbocycles. The van der Waals surface area contributed by atoms with Crippen molar-refractivity contribution < 1.29 is 22.3 Å². The largest absolute Gasteiger partial charge is 0.456 e. The molecule has 2 aromatic rings. The van der Waals surface area contributed by atoms with Crippen LogP contribution in [0.5, 0.6) is 5.75 Å². The predicted octanol–water partition coefficient (Wildman–Crippen LogP) is 4.80. The number of halogens is 1. The molecule has 0 saturated heterocycles. The third-order valence-corrected chi connectivity index (χ3v) is 8.44. The van der Waals surface area contributed by atoms with Gasteiger partial charge in [0.1, 0.15) is 17.3 Å². The third kappa shape index (κ3) is 4.16. The van der Waals surface area contributed by atoms with E-state index in [0.29, 0.717) is 18.1 Å². The van der Waals surface area contributed by atoms with Crippen LogP contribution in [0.1, 0.15) is 25.7 Å². The molecule has 2 aliphatic rings. The average molecular weight is 444 g/mol. The van der Waals surface area contributed by atoms with Gasteiger partial charge in [-0.1, -0.05) is 24.6 Å². The topological polar surface area (TPSA) is 65.0 Å². The van der Waals surface area contributed by atoms with E-state index in [1.165, 1.54) is 30.5 Å². The van der Waals surface area contributed by atoms with Crippen molar-refractivity contribution in [2.75, 3.05) is 13.7 Å². The Hall–Kier alpha value is -2.51. The Balaban J connectivity index is 1.75. The molecule has 1 fully saturated rings. The highest BCUT2D eigenvalue weighted by Gasteiger charge is 2.55. The minimum Gasteiger partial charge on any atom is -0.456 e. The summed E-state index contributed by atoms with van der Waals surface area (Å²) < 4.78 is 52.2. The number of sulfone groups is 1. The van der Waals surface area contributed by atoms with E-state index in [1.54, 1.807) is 43.5 Å². The maximum absolute atomic E-state index is 13.9. The van der Waals surface area contributed by atoms with Gasteiger partial charge in [-0.25, -0.2) is 12.8 Å². The first kappa shape index (κ1) is 21.7. The smallest absolute Gasteiger partial charge is 0.208 e. The maximum atomic E-state index is 13.9. The molecule has 3 atom stereocenters. The predicted molar refractivity (Wildman–Crippen MR) is 117 cm³/mol. The number of ether oxygens (including phenoxy) is 2. The molecule has 1 heterocycles. The number of nitrogens with zero attached hydrogens (tertiary/aromatic N) is 1.